The molecule has 0 aliphatic rings. The Bertz CT molecular complexity index is 314. The molecule has 0 N–H and O–H groups in total. The molecule has 0 unspecified atom stereocenters. The summed E-state index contributed by atoms with van der Waals surface area (Å²) in [4.78, 5) is 11.1. The Kier molecular flexibility index (Phi) is 7.34. The monoisotopic (exact) mass is 252 g/mol. The quantitative estimate of drug-likeness (QED) is 0.522. The summed E-state index contributed by atoms with van der Waals surface area (Å²) >= 11 is 0. The standard InChI is InChI=1S/C13H20O3Si/c1-2-15-11-13(14)16-17-10-6-9-12-7-4-3-5-8-12/h3-5,7-8H,2,6,9-11,17H2,1H3. The Balaban J connectivity index is 1.99. The smallest absolute Gasteiger partial charge is 0.318 e. The highest BCUT2D eigenvalue weighted by molar-refractivity contribution is 6.30. The SMILES string of the molecule is CCOCC(=O)O[SiH2]CCCc1ccccc1. The van der Waals surface area contributed by atoms with Gasteiger partial charge in [-0.05, 0) is 31.4 Å². The van der Waals surface area contributed by atoms with E-state index in [1.807, 2.05) is 13.0 Å². The molecule has 0 aromatic heterocycles. The second-order valence-corrected chi connectivity index (χ2v) is 5.20. The van der Waals surface area contributed by atoms with E-state index in [-0.39, 0.29) is 12.6 Å². The van der Waals surface area contributed by atoms with Crippen LogP contribution in [-0.2, 0) is 20.4 Å². The molecule has 0 aliphatic heterocycles. The lowest BCUT2D eigenvalue weighted by atomic mass is 10.1. The fraction of sp³-hybridized carbons (Fsp3) is 0.462. The molecule has 0 spiro atoms. The number of aryl methyl sites for hydroxylation is 1. The second kappa shape index (κ2) is 8.96. The van der Waals surface area contributed by atoms with Crippen molar-refractivity contribution in [2.75, 3.05) is 13.2 Å². The first-order chi connectivity index (χ1) is 8.33. The topological polar surface area (TPSA) is 35.5 Å². The molecule has 1 aromatic carbocycles. The predicted molar refractivity (Wildman–Crippen MR) is 70.7 cm³/mol. The van der Waals surface area contributed by atoms with Gasteiger partial charge in [0.2, 0.25) is 9.76 Å². The van der Waals surface area contributed by atoms with Crippen molar-refractivity contribution < 1.29 is 14.0 Å². The minimum absolute atomic E-state index is 0.0994. The van der Waals surface area contributed by atoms with E-state index in [0.717, 1.165) is 18.9 Å². The number of benzene rings is 1. The first-order valence-corrected chi connectivity index (χ1v) is 7.68. The van der Waals surface area contributed by atoms with Gasteiger partial charge in [-0.1, -0.05) is 30.3 Å². The molecule has 0 atom stereocenters. The van der Waals surface area contributed by atoms with Crippen LogP contribution in [0.1, 0.15) is 18.9 Å². The second-order valence-electron chi connectivity index (χ2n) is 3.80. The van der Waals surface area contributed by atoms with E-state index in [4.69, 9.17) is 9.16 Å². The third kappa shape index (κ3) is 6.91. The minimum Gasteiger partial charge on any atom is -0.523 e. The summed E-state index contributed by atoms with van der Waals surface area (Å²) in [5.41, 5.74) is 1.35. The Morgan fingerprint density at radius 3 is 2.76 bits per heavy atom. The minimum atomic E-state index is -0.710. The molecule has 0 bridgehead atoms. The predicted octanol–water partition coefficient (Wildman–Crippen LogP) is 1.70. The van der Waals surface area contributed by atoms with Crippen LogP contribution < -0.4 is 0 Å². The molecule has 0 amide bonds. The van der Waals surface area contributed by atoms with E-state index in [9.17, 15) is 4.79 Å². The highest BCUT2D eigenvalue weighted by Gasteiger charge is 2.01. The molecule has 0 radical (unpaired) electrons. The maximum Gasteiger partial charge on any atom is 0.318 e. The van der Waals surface area contributed by atoms with Crippen molar-refractivity contribution in [2.45, 2.75) is 25.8 Å². The van der Waals surface area contributed by atoms with Crippen molar-refractivity contribution in [1.82, 2.24) is 0 Å². The molecule has 1 rings (SSSR count). The van der Waals surface area contributed by atoms with Crippen molar-refractivity contribution in [3.8, 4) is 0 Å². The van der Waals surface area contributed by atoms with Gasteiger partial charge in [-0.25, -0.2) is 0 Å². The molecule has 4 heteroatoms. The number of hydrogen-bond donors (Lipinski definition) is 0. The third-order valence-electron chi connectivity index (χ3n) is 2.39. The zero-order chi connectivity index (χ0) is 12.3. The Labute approximate surface area is 105 Å². The lowest BCUT2D eigenvalue weighted by Gasteiger charge is -2.04. The molecule has 3 nitrogen and oxygen atoms in total. The van der Waals surface area contributed by atoms with Gasteiger partial charge in [-0.15, -0.1) is 0 Å². The van der Waals surface area contributed by atoms with E-state index in [2.05, 4.69) is 24.3 Å². The number of ether oxygens (including phenoxy) is 1. The maximum atomic E-state index is 11.1. The summed E-state index contributed by atoms with van der Waals surface area (Å²) in [5, 5.41) is 0. The van der Waals surface area contributed by atoms with Crippen LogP contribution in [0, 0.1) is 0 Å². The summed E-state index contributed by atoms with van der Waals surface area (Å²) < 4.78 is 10.1. The number of hydrogen-bond acceptors (Lipinski definition) is 3. The molecule has 1 aromatic rings. The van der Waals surface area contributed by atoms with Crippen LogP contribution in [0.2, 0.25) is 6.04 Å². The summed E-state index contributed by atoms with van der Waals surface area (Å²) in [6.07, 6.45) is 2.16. The largest absolute Gasteiger partial charge is 0.523 e. The fourth-order valence-corrected chi connectivity index (χ4v) is 2.40. The van der Waals surface area contributed by atoms with Gasteiger partial charge in [0.25, 0.3) is 0 Å². The van der Waals surface area contributed by atoms with Gasteiger partial charge in [0.15, 0.2) is 0 Å². The average molecular weight is 252 g/mol. The first-order valence-electron chi connectivity index (χ1n) is 6.10. The van der Waals surface area contributed by atoms with Crippen molar-refractivity contribution >= 4 is 15.7 Å². The van der Waals surface area contributed by atoms with Gasteiger partial charge in [-0.3, -0.25) is 4.79 Å². The molecule has 17 heavy (non-hydrogen) atoms. The van der Waals surface area contributed by atoms with Gasteiger partial charge in [0, 0.05) is 6.61 Å². The van der Waals surface area contributed by atoms with Crippen LogP contribution in [0.4, 0.5) is 0 Å². The van der Waals surface area contributed by atoms with Crippen molar-refractivity contribution in [3.63, 3.8) is 0 Å². The van der Waals surface area contributed by atoms with Crippen molar-refractivity contribution in [1.29, 1.82) is 0 Å². The molecule has 0 heterocycles. The molecule has 94 valence electrons. The van der Waals surface area contributed by atoms with Crippen LogP contribution in [0.25, 0.3) is 0 Å². The Morgan fingerprint density at radius 2 is 2.06 bits per heavy atom. The van der Waals surface area contributed by atoms with Crippen LogP contribution in [0.15, 0.2) is 30.3 Å². The summed E-state index contributed by atoms with van der Waals surface area (Å²) in [6.45, 7) is 2.53. The zero-order valence-electron chi connectivity index (χ0n) is 10.4. The summed E-state index contributed by atoms with van der Waals surface area (Å²) in [7, 11) is -0.710. The van der Waals surface area contributed by atoms with Gasteiger partial charge in [0.1, 0.15) is 6.61 Å². The molecular weight excluding hydrogens is 232 g/mol. The van der Waals surface area contributed by atoms with Crippen molar-refractivity contribution in [3.05, 3.63) is 35.9 Å². The third-order valence-corrected chi connectivity index (χ3v) is 3.70. The van der Waals surface area contributed by atoms with E-state index in [1.165, 1.54) is 5.56 Å². The normalized spacial score (nSPS) is 10.9. The lowest BCUT2D eigenvalue weighted by Crippen LogP contribution is -2.15. The van der Waals surface area contributed by atoms with Gasteiger partial charge < -0.3 is 9.16 Å². The van der Waals surface area contributed by atoms with E-state index >= 15 is 0 Å². The van der Waals surface area contributed by atoms with Gasteiger partial charge in [-0.2, -0.15) is 0 Å². The van der Waals surface area contributed by atoms with Crippen LogP contribution in [-0.4, -0.2) is 28.9 Å². The van der Waals surface area contributed by atoms with Crippen LogP contribution in [0.3, 0.4) is 0 Å². The molecule has 0 saturated carbocycles. The molecular formula is C13H20O3Si. The first kappa shape index (κ1) is 13.9. The highest BCUT2D eigenvalue weighted by atomic mass is 28.2. The maximum absolute atomic E-state index is 11.1. The number of rotatable bonds is 8. The number of carbonyl (C=O) groups is 1. The van der Waals surface area contributed by atoms with Gasteiger partial charge >= 0.3 is 5.97 Å². The molecule has 0 aliphatic carbocycles. The lowest BCUT2D eigenvalue weighted by molar-refractivity contribution is -0.139. The molecule has 0 fully saturated rings. The number of carbonyl (C=O) groups excluding carboxylic acids is 1. The van der Waals surface area contributed by atoms with Crippen molar-refractivity contribution in [2.24, 2.45) is 0 Å². The fourth-order valence-electron chi connectivity index (χ4n) is 1.49. The average Bonchev–Trinajstić information content (AvgIpc) is 2.37. The van der Waals surface area contributed by atoms with Gasteiger partial charge in [0.05, 0.1) is 0 Å². The van der Waals surface area contributed by atoms with E-state index < -0.39 is 9.76 Å². The summed E-state index contributed by atoms with van der Waals surface area (Å²) in [6, 6.07) is 11.4. The van der Waals surface area contributed by atoms with E-state index in [1.54, 1.807) is 0 Å². The molecule has 0 saturated heterocycles. The Morgan fingerprint density at radius 1 is 1.29 bits per heavy atom. The van der Waals surface area contributed by atoms with Crippen LogP contribution >= 0.6 is 0 Å². The summed E-state index contributed by atoms with van der Waals surface area (Å²) in [5.74, 6) is -0.210. The Hall–Kier alpha value is -1.13. The zero-order valence-corrected chi connectivity index (χ0v) is 11.8. The van der Waals surface area contributed by atoms with Crippen LogP contribution in [0.5, 0.6) is 0 Å². The highest BCUT2D eigenvalue weighted by Crippen LogP contribution is 2.04. The van der Waals surface area contributed by atoms with E-state index in [0.29, 0.717) is 6.61 Å².